The number of carbonyl (C=O) groups excluding carboxylic acids is 1. The molecule has 0 saturated heterocycles. The highest BCUT2D eigenvalue weighted by atomic mass is 79.9. The predicted molar refractivity (Wildman–Crippen MR) is 117 cm³/mol. The van der Waals surface area contributed by atoms with Crippen molar-refractivity contribution < 1.29 is 9.18 Å². The summed E-state index contributed by atoms with van der Waals surface area (Å²) in [5.74, 6) is -0.956. The monoisotopic (exact) mass is 534 g/mol. The number of hydrogen-bond donors (Lipinski definition) is 1. The maximum atomic E-state index is 14.8. The Morgan fingerprint density at radius 3 is 2.77 bits per heavy atom. The molecule has 1 atom stereocenters. The highest BCUT2D eigenvalue weighted by Gasteiger charge is 2.32. The first-order valence-electron chi connectivity index (χ1n) is 8.92. The molecule has 2 aromatic heterocycles. The highest BCUT2D eigenvalue weighted by molar-refractivity contribution is 9.10. The third-order valence-electron chi connectivity index (χ3n) is 4.81. The number of fused-ring (bicyclic) bond motifs is 2. The molecule has 1 aliphatic heterocycles. The Morgan fingerprint density at radius 1 is 1.33 bits per heavy atom. The number of hydrogen-bond acceptors (Lipinski definition) is 5. The molecule has 0 bridgehead atoms. The second-order valence-corrected chi connectivity index (χ2v) is 8.89. The van der Waals surface area contributed by atoms with Gasteiger partial charge in [-0.15, -0.1) is 0 Å². The number of benzene rings is 1. The van der Waals surface area contributed by atoms with Crippen LogP contribution in [-0.2, 0) is 6.54 Å². The minimum Gasteiger partial charge on any atom is -0.343 e. The summed E-state index contributed by atoms with van der Waals surface area (Å²) in [7, 11) is 3.25. The summed E-state index contributed by atoms with van der Waals surface area (Å²) >= 11 is 22.1. The van der Waals surface area contributed by atoms with E-state index in [1.165, 1.54) is 4.90 Å². The summed E-state index contributed by atoms with van der Waals surface area (Å²) < 4.78 is 16.6. The van der Waals surface area contributed by atoms with Crippen molar-refractivity contribution in [1.29, 1.82) is 0 Å². The van der Waals surface area contributed by atoms with Crippen LogP contribution in [0.1, 0.15) is 34.3 Å². The van der Waals surface area contributed by atoms with Gasteiger partial charge in [-0.3, -0.25) is 9.48 Å². The predicted octanol–water partition coefficient (Wildman–Crippen LogP) is 4.47. The summed E-state index contributed by atoms with van der Waals surface area (Å²) in [5.41, 5.74) is 1.11. The lowest BCUT2D eigenvalue weighted by Gasteiger charge is -2.19. The Kier molecular flexibility index (Phi) is 5.93. The summed E-state index contributed by atoms with van der Waals surface area (Å²) in [6.07, 6.45) is 0.745. The van der Waals surface area contributed by atoms with E-state index in [2.05, 4.69) is 36.3 Å². The van der Waals surface area contributed by atoms with Crippen LogP contribution in [0, 0.1) is 5.82 Å². The van der Waals surface area contributed by atoms with Crippen molar-refractivity contribution in [2.24, 2.45) is 0 Å². The molecule has 0 saturated carbocycles. The van der Waals surface area contributed by atoms with Crippen LogP contribution in [0.15, 0.2) is 10.5 Å². The molecule has 30 heavy (non-hydrogen) atoms. The van der Waals surface area contributed by atoms with E-state index >= 15 is 0 Å². The van der Waals surface area contributed by atoms with E-state index < -0.39 is 11.9 Å². The zero-order valence-corrected chi connectivity index (χ0v) is 19.7. The summed E-state index contributed by atoms with van der Waals surface area (Å²) in [6.45, 7) is 1.17. The number of amides is 1. The van der Waals surface area contributed by atoms with E-state index in [0.717, 1.165) is 6.42 Å². The molecule has 1 N–H and O–H groups in total. The van der Waals surface area contributed by atoms with Gasteiger partial charge in [-0.2, -0.15) is 5.10 Å². The van der Waals surface area contributed by atoms with Crippen LogP contribution in [0.5, 0.6) is 0 Å². The molecule has 1 aromatic carbocycles. The SMILES string of the molecule is CN(C)C(=O)c1nn2c(c1Cl)C(c1nc(Cl)nc3c(F)c(Br)c(Cl)cc13)NCCC2. The Balaban J connectivity index is 1.99. The van der Waals surface area contributed by atoms with Crippen LogP contribution in [-0.4, -0.2) is 51.2 Å². The van der Waals surface area contributed by atoms with Crippen molar-refractivity contribution in [2.45, 2.75) is 19.0 Å². The van der Waals surface area contributed by atoms with Gasteiger partial charge < -0.3 is 10.2 Å². The Labute approximate surface area is 194 Å². The first-order chi connectivity index (χ1) is 14.2. The van der Waals surface area contributed by atoms with Crippen LogP contribution in [0.2, 0.25) is 15.3 Å². The highest BCUT2D eigenvalue weighted by Crippen LogP contribution is 2.38. The third-order valence-corrected chi connectivity index (χ3v) is 6.65. The zero-order chi connectivity index (χ0) is 21.7. The van der Waals surface area contributed by atoms with Crippen LogP contribution in [0.4, 0.5) is 4.39 Å². The number of rotatable bonds is 2. The van der Waals surface area contributed by atoms with Gasteiger partial charge in [0.15, 0.2) is 11.5 Å². The van der Waals surface area contributed by atoms with Crippen molar-refractivity contribution in [3.8, 4) is 0 Å². The molecule has 1 aliphatic rings. The van der Waals surface area contributed by atoms with Gasteiger partial charge in [0, 0.05) is 26.0 Å². The van der Waals surface area contributed by atoms with E-state index in [-0.39, 0.29) is 36.9 Å². The molecule has 1 unspecified atom stereocenters. The minimum atomic E-state index is -0.639. The van der Waals surface area contributed by atoms with E-state index in [4.69, 9.17) is 34.8 Å². The minimum absolute atomic E-state index is 0.0269. The van der Waals surface area contributed by atoms with Crippen molar-refractivity contribution in [2.75, 3.05) is 20.6 Å². The Bertz CT molecular complexity index is 1180. The van der Waals surface area contributed by atoms with Gasteiger partial charge in [0.05, 0.1) is 31.9 Å². The van der Waals surface area contributed by atoms with Gasteiger partial charge in [0.2, 0.25) is 5.28 Å². The summed E-state index contributed by atoms with van der Waals surface area (Å²) in [4.78, 5) is 22.3. The molecule has 0 radical (unpaired) electrons. The molecule has 158 valence electrons. The van der Waals surface area contributed by atoms with Crippen LogP contribution >= 0.6 is 50.7 Å². The molecule has 4 rings (SSSR count). The summed E-state index contributed by atoms with van der Waals surface area (Å²) in [6, 6.07) is 0.971. The number of carbonyl (C=O) groups is 1. The van der Waals surface area contributed by atoms with Gasteiger partial charge in [-0.1, -0.05) is 23.2 Å². The van der Waals surface area contributed by atoms with E-state index in [9.17, 15) is 9.18 Å². The van der Waals surface area contributed by atoms with E-state index in [1.54, 1.807) is 24.8 Å². The average molecular weight is 537 g/mol. The lowest BCUT2D eigenvalue weighted by Crippen LogP contribution is -2.25. The van der Waals surface area contributed by atoms with Crippen molar-refractivity contribution >= 4 is 67.5 Å². The lowest BCUT2D eigenvalue weighted by atomic mass is 10.0. The van der Waals surface area contributed by atoms with Crippen LogP contribution < -0.4 is 5.32 Å². The van der Waals surface area contributed by atoms with Gasteiger partial charge in [-0.05, 0) is 46.6 Å². The Morgan fingerprint density at radius 2 is 2.07 bits per heavy atom. The third kappa shape index (κ3) is 3.56. The fraction of sp³-hybridized carbons (Fsp3) is 0.333. The maximum Gasteiger partial charge on any atom is 0.275 e. The van der Waals surface area contributed by atoms with Gasteiger partial charge >= 0.3 is 0 Å². The Hall–Kier alpha value is -1.52. The maximum absolute atomic E-state index is 14.8. The lowest BCUT2D eigenvalue weighted by molar-refractivity contribution is 0.0821. The first kappa shape index (κ1) is 21.7. The van der Waals surface area contributed by atoms with Crippen molar-refractivity contribution in [1.82, 2.24) is 30.0 Å². The van der Waals surface area contributed by atoms with Gasteiger partial charge in [0.25, 0.3) is 5.91 Å². The fourth-order valence-electron chi connectivity index (χ4n) is 3.43. The van der Waals surface area contributed by atoms with E-state index in [1.807, 2.05) is 0 Å². The average Bonchev–Trinajstić information content (AvgIpc) is 2.88. The number of halogens is 5. The molecule has 0 fully saturated rings. The molecule has 1 amide bonds. The molecule has 3 heterocycles. The second kappa shape index (κ2) is 8.20. The normalized spacial score (nSPS) is 16.4. The van der Waals surface area contributed by atoms with Crippen LogP contribution in [0.25, 0.3) is 10.9 Å². The van der Waals surface area contributed by atoms with E-state index in [0.29, 0.717) is 29.9 Å². The standard InChI is InChI=1S/C18H15BrCl3FN6O/c1-28(2)17(30)14-10(21)16-15(24-4-3-5-29(16)27-14)13-7-6-8(20)9(19)11(23)12(7)25-18(22)26-13/h6,15,24H,3-5H2,1-2H3. The molecular weight excluding hydrogens is 522 g/mol. The number of aromatic nitrogens is 4. The quantitative estimate of drug-likeness (QED) is 0.386. The molecular formula is C18H15BrCl3FN6O. The largest absolute Gasteiger partial charge is 0.343 e. The van der Waals surface area contributed by atoms with Gasteiger partial charge in [-0.25, -0.2) is 14.4 Å². The zero-order valence-electron chi connectivity index (χ0n) is 15.8. The molecule has 0 spiro atoms. The van der Waals surface area contributed by atoms with Gasteiger partial charge in [0.1, 0.15) is 5.52 Å². The fourth-order valence-corrected chi connectivity index (χ4v) is 4.43. The first-order valence-corrected chi connectivity index (χ1v) is 10.8. The molecule has 0 aliphatic carbocycles. The summed E-state index contributed by atoms with van der Waals surface area (Å²) in [5, 5.41) is 8.42. The number of aryl methyl sites for hydroxylation is 1. The number of nitrogens with zero attached hydrogens (tertiary/aromatic N) is 5. The molecule has 7 nitrogen and oxygen atoms in total. The van der Waals surface area contributed by atoms with Crippen LogP contribution in [0.3, 0.4) is 0 Å². The smallest absolute Gasteiger partial charge is 0.275 e. The topological polar surface area (TPSA) is 75.9 Å². The number of nitrogens with one attached hydrogen (secondary N) is 1. The van der Waals surface area contributed by atoms with Crippen molar-refractivity contribution in [3.05, 3.63) is 48.8 Å². The molecule has 12 heteroatoms. The second-order valence-electron chi connectivity index (χ2n) is 6.97. The van der Waals surface area contributed by atoms with Crippen molar-refractivity contribution in [3.63, 3.8) is 0 Å². The molecule has 3 aromatic rings.